The number of benzene rings is 1. The predicted octanol–water partition coefficient (Wildman–Crippen LogP) is 3.49. The number of aryl methyl sites for hydroxylation is 3. The zero-order valence-electron chi connectivity index (χ0n) is 12.4. The molecule has 0 spiro atoms. The molecule has 0 saturated heterocycles. The van der Waals surface area contributed by atoms with Gasteiger partial charge in [0.2, 0.25) is 0 Å². The lowest BCUT2D eigenvalue weighted by atomic mass is 10.1. The second-order valence-corrected chi connectivity index (χ2v) is 6.47. The van der Waals surface area contributed by atoms with Crippen LogP contribution in [0, 0.1) is 20.8 Å². The van der Waals surface area contributed by atoms with E-state index in [4.69, 9.17) is 10.8 Å². The molecule has 3 aromatic rings. The second-order valence-electron chi connectivity index (χ2n) is 5.26. The lowest BCUT2D eigenvalue weighted by Crippen LogP contribution is -2.11. The van der Waals surface area contributed by atoms with Crippen LogP contribution in [0.25, 0.3) is 10.2 Å². The molecule has 5 heteroatoms. The Morgan fingerprint density at radius 2 is 2.00 bits per heavy atom. The topological polar surface area (TPSA) is 63.8 Å². The van der Waals surface area contributed by atoms with Gasteiger partial charge in [0.25, 0.3) is 0 Å². The number of hydrogen-bond acceptors (Lipinski definition) is 5. The maximum absolute atomic E-state index is 5.64. The van der Waals surface area contributed by atoms with Gasteiger partial charge in [-0.1, -0.05) is 29.8 Å². The Labute approximate surface area is 128 Å². The van der Waals surface area contributed by atoms with E-state index in [9.17, 15) is 0 Å². The molecular weight excluding hydrogens is 280 g/mol. The molecule has 2 aromatic heterocycles. The molecule has 0 aliphatic heterocycles. The van der Waals surface area contributed by atoms with Crippen LogP contribution in [-0.2, 0) is 6.42 Å². The fraction of sp³-hybridized carbons (Fsp3) is 0.250. The largest absolute Gasteiger partial charge is 0.308 e. The molecule has 0 bridgehead atoms. The fourth-order valence-electron chi connectivity index (χ4n) is 2.48. The summed E-state index contributed by atoms with van der Waals surface area (Å²) in [7, 11) is 0. The van der Waals surface area contributed by atoms with Crippen LogP contribution in [0.4, 0.5) is 5.82 Å². The van der Waals surface area contributed by atoms with E-state index in [1.54, 1.807) is 11.3 Å². The van der Waals surface area contributed by atoms with Gasteiger partial charge in [-0.3, -0.25) is 0 Å². The van der Waals surface area contributed by atoms with Crippen molar-refractivity contribution >= 4 is 27.4 Å². The van der Waals surface area contributed by atoms with E-state index >= 15 is 0 Å². The first-order valence-corrected chi connectivity index (χ1v) is 7.69. The third kappa shape index (κ3) is 2.62. The number of thiophene rings is 1. The standard InChI is InChI=1S/C16H18N4S/c1-9-5-4-6-12(7-9)8-13-18-15(20-17)14-10(2)11(3)21-16(14)19-13/h4-7H,8,17H2,1-3H3,(H,18,19,20). The summed E-state index contributed by atoms with van der Waals surface area (Å²) in [5, 5.41) is 1.04. The van der Waals surface area contributed by atoms with Crippen molar-refractivity contribution in [2.24, 2.45) is 5.84 Å². The van der Waals surface area contributed by atoms with Crippen molar-refractivity contribution in [3.05, 3.63) is 51.7 Å². The molecule has 0 unspecified atom stereocenters. The molecule has 2 heterocycles. The minimum absolute atomic E-state index is 0.711. The van der Waals surface area contributed by atoms with Crippen LogP contribution in [-0.4, -0.2) is 9.97 Å². The van der Waals surface area contributed by atoms with Crippen LogP contribution in [0.3, 0.4) is 0 Å². The highest BCUT2D eigenvalue weighted by molar-refractivity contribution is 7.18. The molecule has 21 heavy (non-hydrogen) atoms. The van der Waals surface area contributed by atoms with E-state index in [2.05, 4.69) is 55.4 Å². The molecule has 0 atom stereocenters. The van der Waals surface area contributed by atoms with Gasteiger partial charge in [-0.15, -0.1) is 11.3 Å². The Morgan fingerprint density at radius 1 is 1.19 bits per heavy atom. The van der Waals surface area contributed by atoms with E-state index < -0.39 is 0 Å². The van der Waals surface area contributed by atoms with E-state index in [0.29, 0.717) is 12.2 Å². The van der Waals surface area contributed by atoms with Crippen LogP contribution < -0.4 is 11.3 Å². The minimum atomic E-state index is 0.711. The lowest BCUT2D eigenvalue weighted by Gasteiger charge is -2.07. The van der Waals surface area contributed by atoms with Crippen LogP contribution in [0.2, 0.25) is 0 Å². The number of nitrogen functional groups attached to an aromatic ring is 1. The van der Waals surface area contributed by atoms with Gasteiger partial charge < -0.3 is 5.43 Å². The van der Waals surface area contributed by atoms with Gasteiger partial charge in [-0.05, 0) is 31.9 Å². The normalized spacial score (nSPS) is 11.0. The van der Waals surface area contributed by atoms with Gasteiger partial charge in [-0.2, -0.15) is 0 Å². The number of hydrogen-bond donors (Lipinski definition) is 2. The van der Waals surface area contributed by atoms with Gasteiger partial charge in [-0.25, -0.2) is 15.8 Å². The maximum Gasteiger partial charge on any atom is 0.152 e. The molecule has 0 saturated carbocycles. The number of aromatic nitrogens is 2. The van der Waals surface area contributed by atoms with Gasteiger partial charge in [0.05, 0.1) is 5.39 Å². The number of hydrazine groups is 1. The fourth-order valence-corrected chi connectivity index (χ4v) is 3.53. The zero-order chi connectivity index (χ0) is 15.0. The SMILES string of the molecule is Cc1cccc(Cc2nc(NN)c3c(C)c(C)sc3n2)c1. The number of anilines is 1. The quantitative estimate of drug-likeness (QED) is 0.574. The summed E-state index contributed by atoms with van der Waals surface area (Å²) in [5.41, 5.74) is 6.37. The van der Waals surface area contributed by atoms with Crippen LogP contribution >= 0.6 is 11.3 Å². The summed E-state index contributed by atoms with van der Waals surface area (Å²) in [6.07, 6.45) is 0.711. The first-order valence-electron chi connectivity index (χ1n) is 6.87. The molecule has 3 N–H and O–H groups in total. The molecular formula is C16H18N4S. The van der Waals surface area contributed by atoms with Crippen molar-refractivity contribution in [3.63, 3.8) is 0 Å². The highest BCUT2D eigenvalue weighted by Gasteiger charge is 2.14. The number of rotatable bonds is 3. The van der Waals surface area contributed by atoms with E-state index in [1.807, 2.05) is 0 Å². The first-order chi connectivity index (χ1) is 10.1. The van der Waals surface area contributed by atoms with Crippen LogP contribution in [0.1, 0.15) is 27.4 Å². The lowest BCUT2D eigenvalue weighted by molar-refractivity contribution is 0.991. The number of nitrogens with zero attached hydrogens (tertiary/aromatic N) is 2. The van der Waals surface area contributed by atoms with E-state index in [-0.39, 0.29) is 0 Å². The monoisotopic (exact) mass is 298 g/mol. The highest BCUT2D eigenvalue weighted by atomic mass is 32.1. The predicted molar refractivity (Wildman–Crippen MR) is 88.7 cm³/mol. The van der Waals surface area contributed by atoms with Crippen molar-refractivity contribution in [2.75, 3.05) is 5.43 Å². The summed E-state index contributed by atoms with van der Waals surface area (Å²) in [6, 6.07) is 8.41. The van der Waals surface area contributed by atoms with E-state index in [1.165, 1.54) is 21.6 Å². The Balaban J connectivity index is 2.07. The molecule has 1 aromatic carbocycles. The van der Waals surface area contributed by atoms with E-state index in [0.717, 1.165) is 16.0 Å². The van der Waals surface area contributed by atoms with Crippen molar-refractivity contribution in [1.82, 2.24) is 9.97 Å². The minimum Gasteiger partial charge on any atom is -0.308 e. The molecule has 4 nitrogen and oxygen atoms in total. The summed E-state index contributed by atoms with van der Waals surface area (Å²) in [5.74, 6) is 7.15. The molecule has 0 radical (unpaired) electrons. The Morgan fingerprint density at radius 3 is 2.71 bits per heavy atom. The zero-order valence-corrected chi connectivity index (χ0v) is 13.2. The van der Waals surface area contributed by atoms with Gasteiger partial charge >= 0.3 is 0 Å². The third-order valence-corrected chi connectivity index (χ3v) is 4.76. The Kier molecular flexibility index (Phi) is 3.61. The molecule has 3 rings (SSSR count). The second kappa shape index (κ2) is 5.42. The average Bonchev–Trinajstić information content (AvgIpc) is 2.73. The Bertz CT molecular complexity index is 807. The van der Waals surface area contributed by atoms with Crippen molar-refractivity contribution in [1.29, 1.82) is 0 Å². The average molecular weight is 298 g/mol. The molecule has 0 fully saturated rings. The van der Waals surface area contributed by atoms with Crippen LogP contribution in [0.5, 0.6) is 0 Å². The van der Waals surface area contributed by atoms with Gasteiger partial charge in [0.15, 0.2) is 5.82 Å². The first kappa shape index (κ1) is 14.0. The third-order valence-electron chi connectivity index (χ3n) is 3.66. The van der Waals surface area contributed by atoms with Crippen LogP contribution in [0.15, 0.2) is 24.3 Å². The number of nitrogens with one attached hydrogen (secondary N) is 1. The van der Waals surface area contributed by atoms with Crippen molar-refractivity contribution < 1.29 is 0 Å². The smallest absolute Gasteiger partial charge is 0.152 e. The summed E-state index contributed by atoms with van der Waals surface area (Å²) in [4.78, 5) is 11.5. The molecule has 108 valence electrons. The highest BCUT2D eigenvalue weighted by Crippen LogP contribution is 2.33. The number of nitrogens with two attached hydrogens (primary N) is 1. The summed E-state index contributed by atoms with van der Waals surface area (Å²) in [6.45, 7) is 6.27. The molecule has 0 aliphatic rings. The maximum atomic E-state index is 5.64. The van der Waals surface area contributed by atoms with Gasteiger partial charge in [0, 0.05) is 11.3 Å². The number of fused-ring (bicyclic) bond motifs is 1. The summed E-state index contributed by atoms with van der Waals surface area (Å²) < 4.78 is 0. The van der Waals surface area contributed by atoms with Crippen molar-refractivity contribution in [3.8, 4) is 0 Å². The summed E-state index contributed by atoms with van der Waals surface area (Å²) >= 11 is 1.69. The molecule has 0 aliphatic carbocycles. The van der Waals surface area contributed by atoms with Crippen molar-refractivity contribution in [2.45, 2.75) is 27.2 Å². The Hall–Kier alpha value is -1.98. The molecule has 0 amide bonds. The van der Waals surface area contributed by atoms with Gasteiger partial charge in [0.1, 0.15) is 10.7 Å².